The second-order valence-electron chi connectivity index (χ2n) is 7.36. The van der Waals surface area contributed by atoms with E-state index in [1.54, 1.807) is 0 Å². The fourth-order valence-electron chi connectivity index (χ4n) is 3.05. The Morgan fingerprint density at radius 1 is 1.22 bits per heavy atom. The minimum atomic E-state index is -0.552. The predicted molar refractivity (Wildman–Crippen MR) is 118 cm³/mol. The molecule has 0 radical (unpaired) electrons. The molecule has 0 aliphatic rings. The number of aromatic nitrogens is 4. The van der Waals surface area contributed by atoms with Crippen molar-refractivity contribution >= 4 is 28.8 Å². The van der Waals surface area contributed by atoms with Crippen molar-refractivity contribution < 1.29 is 13.9 Å². The van der Waals surface area contributed by atoms with E-state index in [1.807, 2.05) is 24.3 Å². The Morgan fingerprint density at radius 3 is 2.66 bits per heavy atom. The molecule has 8 nitrogen and oxygen atoms in total. The van der Waals surface area contributed by atoms with Crippen molar-refractivity contribution in [3.63, 3.8) is 0 Å². The van der Waals surface area contributed by atoms with Crippen LogP contribution >= 0.6 is 11.6 Å². The molecule has 0 aliphatic carbocycles. The first-order valence-electron chi connectivity index (χ1n) is 9.78. The molecular weight excluding hydrogens is 437 g/mol. The van der Waals surface area contributed by atoms with Gasteiger partial charge in [0.1, 0.15) is 18.1 Å². The third-order valence-electron chi connectivity index (χ3n) is 4.73. The van der Waals surface area contributed by atoms with Crippen LogP contribution in [0.25, 0.3) is 5.65 Å². The summed E-state index contributed by atoms with van der Waals surface area (Å²) in [6, 6.07) is 11.1. The van der Waals surface area contributed by atoms with E-state index in [0.29, 0.717) is 11.7 Å². The topological polar surface area (TPSA) is 90.5 Å². The zero-order valence-electron chi connectivity index (χ0n) is 17.3. The molecule has 0 aliphatic heterocycles. The highest BCUT2D eigenvalue weighted by Gasteiger charge is 2.16. The first-order valence-corrected chi connectivity index (χ1v) is 10.2. The molecule has 1 amide bonds. The van der Waals surface area contributed by atoms with Crippen LogP contribution in [-0.4, -0.2) is 25.1 Å². The summed E-state index contributed by atoms with van der Waals surface area (Å²) in [6.07, 6.45) is 2.85. The van der Waals surface area contributed by atoms with Crippen LogP contribution < -0.4 is 15.7 Å². The van der Waals surface area contributed by atoms with Gasteiger partial charge in [0.2, 0.25) is 11.6 Å². The average Bonchev–Trinajstić information content (AvgIpc) is 3.07. The molecule has 0 bridgehead atoms. The van der Waals surface area contributed by atoms with Crippen LogP contribution in [0, 0.1) is 5.82 Å². The third kappa shape index (κ3) is 4.47. The fraction of sp³-hybridized carbons (Fsp3) is 0.182. The van der Waals surface area contributed by atoms with Gasteiger partial charge in [-0.3, -0.25) is 4.79 Å². The second kappa shape index (κ2) is 8.80. The Morgan fingerprint density at radius 2 is 1.97 bits per heavy atom. The Bertz CT molecular complexity index is 1350. The molecule has 4 aromatic rings. The van der Waals surface area contributed by atoms with Crippen LogP contribution in [0.2, 0.25) is 5.02 Å². The van der Waals surface area contributed by atoms with Gasteiger partial charge in [-0.1, -0.05) is 37.6 Å². The van der Waals surface area contributed by atoms with Gasteiger partial charge in [-0.25, -0.2) is 23.3 Å². The van der Waals surface area contributed by atoms with Crippen molar-refractivity contribution in [3.05, 3.63) is 81.7 Å². The van der Waals surface area contributed by atoms with Crippen LogP contribution in [0.1, 0.15) is 25.3 Å². The molecule has 0 saturated carbocycles. The Balaban J connectivity index is 1.57. The number of carbonyl (C=O) groups is 1. The number of nitrogens with zero attached hydrogens (tertiary/aromatic N) is 4. The summed E-state index contributed by atoms with van der Waals surface area (Å²) in [5.41, 5.74) is 1.02. The molecule has 0 unspecified atom stereocenters. The number of benzene rings is 2. The molecule has 4 rings (SSSR count). The highest BCUT2D eigenvalue weighted by Crippen LogP contribution is 2.25. The summed E-state index contributed by atoms with van der Waals surface area (Å²) in [5, 5.41) is 6.78. The number of rotatable bonds is 6. The summed E-state index contributed by atoms with van der Waals surface area (Å²) in [6.45, 7) is 3.81. The molecule has 0 saturated heterocycles. The van der Waals surface area contributed by atoms with E-state index in [4.69, 9.17) is 16.3 Å². The molecule has 0 spiro atoms. The number of anilines is 1. The summed E-state index contributed by atoms with van der Waals surface area (Å²) >= 11 is 5.93. The van der Waals surface area contributed by atoms with Crippen LogP contribution in [0.15, 0.2) is 59.7 Å². The van der Waals surface area contributed by atoms with E-state index >= 15 is 0 Å². The lowest BCUT2D eigenvalue weighted by Gasteiger charge is -2.08. The molecule has 2 aromatic carbocycles. The molecule has 0 atom stereocenters. The molecule has 2 aromatic heterocycles. The summed E-state index contributed by atoms with van der Waals surface area (Å²) in [4.78, 5) is 29.2. The summed E-state index contributed by atoms with van der Waals surface area (Å²) < 4.78 is 21.2. The van der Waals surface area contributed by atoms with Gasteiger partial charge in [0.15, 0.2) is 0 Å². The molecule has 10 heteroatoms. The van der Waals surface area contributed by atoms with Crippen molar-refractivity contribution in [2.45, 2.75) is 26.3 Å². The zero-order valence-corrected chi connectivity index (χ0v) is 18.0. The van der Waals surface area contributed by atoms with E-state index in [9.17, 15) is 14.0 Å². The maximum absolute atomic E-state index is 13.2. The number of amides is 1. The van der Waals surface area contributed by atoms with Crippen LogP contribution in [0.5, 0.6) is 11.6 Å². The predicted octanol–water partition coefficient (Wildman–Crippen LogP) is 4.24. The lowest BCUT2D eigenvalue weighted by molar-refractivity contribution is -0.117. The monoisotopic (exact) mass is 455 g/mol. The molecular formula is C22H19ClFN5O3. The standard InChI is InChI=1S/C22H19ClFN5O3/c1-13(2)14-3-6-16(7-4-14)32-21-20-27-29(22(31)28(20)10-9-25-21)12-19(30)26-18-8-5-15(24)11-17(18)23/h3-11,13H,12H2,1-2H3,(H,26,30). The number of ether oxygens (including phenoxy) is 1. The third-order valence-corrected chi connectivity index (χ3v) is 5.04. The number of hydrogen-bond donors (Lipinski definition) is 1. The second-order valence-corrected chi connectivity index (χ2v) is 7.77. The minimum absolute atomic E-state index is 0.0454. The van der Waals surface area contributed by atoms with Gasteiger partial charge in [-0.15, -0.1) is 5.10 Å². The molecule has 1 N–H and O–H groups in total. The zero-order chi connectivity index (χ0) is 22.8. The van der Waals surface area contributed by atoms with Gasteiger partial charge in [0.25, 0.3) is 5.88 Å². The van der Waals surface area contributed by atoms with E-state index in [2.05, 4.69) is 29.2 Å². The van der Waals surface area contributed by atoms with Crippen LogP contribution in [-0.2, 0) is 11.3 Å². The number of carbonyl (C=O) groups excluding carboxylic acids is 1. The van der Waals surface area contributed by atoms with E-state index in [0.717, 1.165) is 16.3 Å². The number of halogens is 2. The number of fused-ring (bicyclic) bond motifs is 1. The van der Waals surface area contributed by atoms with E-state index in [1.165, 1.54) is 28.9 Å². The summed E-state index contributed by atoms with van der Waals surface area (Å²) in [7, 11) is 0. The van der Waals surface area contributed by atoms with Crippen LogP contribution in [0.3, 0.4) is 0 Å². The Labute approximate surface area is 187 Å². The quantitative estimate of drug-likeness (QED) is 0.469. The minimum Gasteiger partial charge on any atom is -0.436 e. The fourth-order valence-corrected chi connectivity index (χ4v) is 3.26. The molecule has 2 heterocycles. The van der Waals surface area contributed by atoms with Crippen molar-refractivity contribution in [3.8, 4) is 11.6 Å². The van der Waals surface area contributed by atoms with Gasteiger partial charge in [0, 0.05) is 12.4 Å². The van der Waals surface area contributed by atoms with Gasteiger partial charge in [-0.2, -0.15) is 0 Å². The highest BCUT2D eigenvalue weighted by molar-refractivity contribution is 6.33. The van der Waals surface area contributed by atoms with E-state index in [-0.39, 0.29) is 28.8 Å². The van der Waals surface area contributed by atoms with E-state index < -0.39 is 17.4 Å². The van der Waals surface area contributed by atoms with Gasteiger partial charge in [0.05, 0.1) is 10.7 Å². The van der Waals surface area contributed by atoms with Crippen molar-refractivity contribution in [1.82, 2.24) is 19.2 Å². The normalized spacial score (nSPS) is 11.2. The van der Waals surface area contributed by atoms with Crippen LogP contribution in [0.4, 0.5) is 10.1 Å². The molecule has 32 heavy (non-hydrogen) atoms. The van der Waals surface area contributed by atoms with Gasteiger partial charge in [-0.05, 0) is 41.8 Å². The largest absolute Gasteiger partial charge is 0.436 e. The van der Waals surface area contributed by atoms with Gasteiger partial charge >= 0.3 is 5.69 Å². The van der Waals surface area contributed by atoms with Crippen molar-refractivity contribution in [2.75, 3.05) is 5.32 Å². The summed E-state index contributed by atoms with van der Waals surface area (Å²) in [5.74, 6) is -0.0219. The first kappa shape index (κ1) is 21.5. The van der Waals surface area contributed by atoms with Crippen molar-refractivity contribution in [1.29, 1.82) is 0 Å². The molecule has 0 fully saturated rings. The SMILES string of the molecule is CC(C)c1ccc(Oc2nccn3c(=O)n(CC(=O)Nc4ccc(F)cc4Cl)nc23)cc1. The lowest BCUT2D eigenvalue weighted by Crippen LogP contribution is -2.28. The smallest absolute Gasteiger partial charge is 0.351 e. The number of hydrogen-bond acceptors (Lipinski definition) is 5. The average molecular weight is 456 g/mol. The molecule has 164 valence electrons. The number of nitrogens with one attached hydrogen (secondary N) is 1. The Hall–Kier alpha value is -3.72. The maximum Gasteiger partial charge on any atom is 0.351 e. The maximum atomic E-state index is 13.2. The highest BCUT2D eigenvalue weighted by atomic mass is 35.5. The Kier molecular flexibility index (Phi) is 5.91. The lowest BCUT2D eigenvalue weighted by atomic mass is 10.0. The van der Waals surface area contributed by atoms with Crippen molar-refractivity contribution in [2.24, 2.45) is 0 Å². The van der Waals surface area contributed by atoms with Gasteiger partial charge < -0.3 is 10.1 Å². The first-order chi connectivity index (χ1) is 15.3.